The number of fused-ring (bicyclic) bond motifs is 3. The molecule has 3 aliphatic rings. The van der Waals surface area contributed by atoms with Crippen molar-refractivity contribution in [1.82, 2.24) is 14.8 Å². The first-order valence-corrected chi connectivity index (χ1v) is 11.8. The summed E-state index contributed by atoms with van der Waals surface area (Å²) in [5, 5.41) is 4.17. The van der Waals surface area contributed by atoms with Gasteiger partial charge in [0.05, 0.1) is 33.0 Å². The van der Waals surface area contributed by atoms with Crippen molar-refractivity contribution in [2.24, 2.45) is 4.99 Å². The molecule has 2 atom stereocenters. The van der Waals surface area contributed by atoms with Crippen molar-refractivity contribution in [3.05, 3.63) is 50.0 Å². The third kappa shape index (κ3) is 3.39. The number of hydrogen-bond donors (Lipinski definition) is 2. The molecule has 9 nitrogen and oxygen atoms in total. The summed E-state index contributed by atoms with van der Waals surface area (Å²) < 4.78 is 18.7. The molecule has 1 aromatic carbocycles. The molecule has 2 N–H and O–H groups in total. The van der Waals surface area contributed by atoms with Crippen LogP contribution in [0, 0.1) is 0 Å². The lowest BCUT2D eigenvalue weighted by Gasteiger charge is -2.36. The van der Waals surface area contributed by atoms with E-state index in [0.717, 1.165) is 23.3 Å². The number of aromatic nitrogens is 3. The highest BCUT2D eigenvalue weighted by Crippen LogP contribution is 2.45. The lowest BCUT2D eigenvalue weighted by atomic mass is 9.94. The second-order valence-electron chi connectivity index (χ2n) is 9.28. The summed E-state index contributed by atoms with van der Waals surface area (Å²) in [6.07, 6.45) is 1.55. The summed E-state index contributed by atoms with van der Waals surface area (Å²) in [5.41, 5.74) is 0.959. The van der Waals surface area contributed by atoms with E-state index in [0.29, 0.717) is 40.6 Å². The molecule has 1 fully saturated rings. The van der Waals surface area contributed by atoms with Crippen LogP contribution < -0.4 is 20.6 Å². The SMILES string of the molecule is CC1=Nc2c(c(=O)[nH]n2[C@H]2CCOC(C)(C)C2)[C@@H](c2cc3cc4c(cc3[nH]c2=O)OCO4)S1. The molecule has 0 aliphatic carbocycles. The first kappa shape index (κ1) is 20.6. The monoisotopic (exact) mass is 468 g/mol. The van der Waals surface area contributed by atoms with Gasteiger partial charge in [-0.3, -0.25) is 19.4 Å². The van der Waals surface area contributed by atoms with Crippen molar-refractivity contribution in [2.75, 3.05) is 13.4 Å². The highest BCUT2D eigenvalue weighted by Gasteiger charge is 2.36. The maximum absolute atomic E-state index is 13.2. The van der Waals surface area contributed by atoms with E-state index in [1.807, 2.05) is 23.7 Å². The molecule has 5 heterocycles. The molecule has 1 saturated heterocycles. The number of thioether (sulfide) groups is 1. The molecular weight excluding hydrogens is 444 g/mol. The summed E-state index contributed by atoms with van der Waals surface area (Å²) in [5.74, 6) is 1.85. The second kappa shape index (κ2) is 7.26. The number of aromatic amines is 2. The molecule has 0 radical (unpaired) electrons. The molecule has 6 rings (SSSR count). The molecule has 33 heavy (non-hydrogen) atoms. The molecule has 0 amide bonds. The van der Waals surface area contributed by atoms with Gasteiger partial charge in [-0.25, -0.2) is 4.99 Å². The highest BCUT2D eigenvalue weighted by atomic mass is 32.2. The number of pyridine rings is 1. The van der Waals surface area contributed by atoms with Gasteiger partial charge in [0.25, 0.3) is 11.1 Å². The van der Waals surface area contributed by atoms with Gasteiger partial charge in [-0.2, -0.15) is 0 Å². The van der Waals surface area contributed by atoms with Crippen LogP contribution in [0.4, 0.5) is 5.82 Å². The Bertz CT molecular complexity index is 1430. The van der Waals surface area contributed by atoms with Crippen LogP contribution in [-0.4, -0.2) is 38.8 Å². The van der Waals surface area contributed by atoms with Crippen LogP contribution in [0.25, 0.3) is 10.9 Å². The molecular formula is C23H24N4O5S. The quantitative estimate of drug-likeness (QED) is 0.593. The van der Waals surface area contributed by atoms with Gasteiger partial charge in [0.15, 0.2) is 17.3 Å². The Hall–Kier alpha value is -2.98. The smallest absolute Gasteiger partial charge is 0.271 e. The molecule has 10 heteroatoms. The number of H-pyrrole nitrogens is 2. The first-order chi connectivity index (χ1) is 15.8. The van der Waals surface area contributed by atoms with Crippen LogP contribution in [0.1, 0.15) is 56.0 Å². The summed E-state index contributed by atoms with van der Waals surface area (Å²) in [6.45, 7) is 6.80. The summed E-state index contributed by atoms with van der Waals surface area (Å²) in [6, 6.07) is 5.53. The molecule has 3 aliphatic heterocycles. The van der Waals surface area contributed by atoms with Gasteiger partial charge in [0, 0.05) is 23.6 Å². The third-order valence-electron chi connectivity index (χ3n) is 6.43. The normalized spacial score (nSPS) is 23.4. The first-order valence-electron chi connectivity index (χ1n) is 11.0. The number of aliphatic imine (C=N–C) groups is 1. The Kier molecular flexibility index (Phi) is 4.54. The van der Waals surface area contributed by atoms with E-state index >= 15 is 0 Å². The number of rotatable bonds is 2. The molecule has 0 saturated carbocycles. The highest BCUT2D eigenvalue weighted by molar-refractivity contribution is 8.14. The Morgan fingerprint density at radius 3 is 2.73 bits per heavy atom. The van der Waals surface area contributed by atoms with E-state index < -0.39 is 5.25 Å². The fourth-order valence-electron chi connectivity index (χ4n) is 4.92. The third-order valence-corrected chi connectivity index (χ3v) is 7.59. The van der Waals surface area contributed by atoms with Crippen molar-refractivity contribution in [3.63, 3.8) is 0 Å². The van der Waals surface area contributed by atoms with Gasteiger partial charge in [-0.15, -0.1) is 0 Å². The minimum absolute atomic E-state index is 0.0696. The Balaban J connectivity index is 1.48. The summed E-state index contributed by atoms with van der Waals surface area (Å²) >= 11 is 1.42. The van der Waals surface area contributed by atoms with Crippen LogP contribution in [0.15, 0.2) is 32.8 Å². The van der Waals surface area contributed by atoms with Crippen molar-refractivity contribution in [2.45, 2.75) is 50.5 Å². The van der Waals surface area contributed by atoms with Gasteiger partial charge in [0.1, 0.15) is 0 Å². The minimum Gasteiger partial charge on any atom is -0.454 e. The van der Waals surface area contributed by atoms with Crippen molar-refractivity contribution < 1.29 is 14.2 Å². The van der Waals surface area contributed by atoms with Gasteiger partial charge >= 0.3 is 0 Å². The van der Waals surface area contributed by atoms with Gasteiger partial charge in [-0.1, -0.05) is 11.8 Å². The second-order valence-corrected chi connectivity index (χ2v) is 10.6. The van der Waals surface area contributed by atoms with Crippen LogP contribution in [0.2, 0.25) is 0 Å². The Morgan fingerprint density at radius 2 is 1.94 bits per heavy atom. The van der Waals surface area contributed by atoms with Crippen LogP contribution >= 0.6 is 11.8 Å². The van der Waals surface area contributed by atoms with E-state index in [-0.39, 0.29) is 29.6 Å². The minimum atomic E-state index is -0.464. The Labute approximate surface area is 193 Å². The predicted molar refractivity (Wildman–Crippen MR) is 126 cm³/mol. The zero-order valence-electron chi connectivity index (χ0n) is 18.6. The largest absolute Gasteiger partial charge is 0.454 e. The molecule has 0 bridgehead atoms. The lowest BCUT2D eigenvalue weighted by Crippen LogP contribution is -2.35. The zero-order valence-corrected chi connectivity index (χ0v) is 19.4. The number of nitrogens with zero attached hydrogens (tertiary/aromatic N) is 2. The topological polar surface area (TPSA) is 111 Å². The van der Waals surface area contributed by atoms with E-state index in [4.69, 9.17) is 19.2 Å². The summed E-state index contributed by atoms with van der Waals surface area (Å²) in [4.78, 5) is 34.0. The van der Waals surface area contributed by atoms with E-state index in [1.165, 1.54) is 11.8 Å². The van der Waals surface area contributed by atoms with Crippen LogP contribution in [0.5, 0.6) is 11.5 Å². The molecule has 0 spiro atoms. The standard InChI is InChI=1S/C23H24N4O5S/c1-11-24-20-18(22(29)26-27(20)13-4-5-32-23(2,3)9-13)19(33-11)14-6-12-7-16-17(31-10-30-16)8-15(12)25-21(14)28/h6-8,13,19H,4-5,9-10H2,1-3H3,(H,25,28)(H,26,29)/t13-,19+/m0/s1. The van der Waals surface area contributed by atoms with Crippen LogP contribution in [-0.2, 0) is 4.74 Å². The van der Waals surface area contributed by atoms with E-state index in [1.54, 1.807) is 6.07 Å². The van der Waals surface area contributed by atoms with Crippen LogP contribution in [0.3, 0.4) is 0 Å². The number of nitrogens with one attached hydrogen (secondary N) is 2. The fourth-order valence-corrected chi connectivity index (χ4v) is 6.03. The summed E-state index contributed by atoms with van der Waals surface area (Å²) in [7, 11) is 0. The lowest BCUT2D eigenvalue weighted by molar-refractivity contribution is -0.0705. The predicted octanol–water partition coefficient (Wildman–Crippen LogP) is 3.76. The Morgan fingerprint density at radius 1 is 1.15 bits per heavy atom. The maximum Gasteiger partial charge on any atom is 0.271 e. The van der Waals surface area contributed by atoms with E-state index in [2.05, 4.69) is 23.9 Å². The zero-order chi connectivity index (χ0) is 22.9. The van der Waals surface area contributed by atoms with Gasteiger partial charge < -0.3 is 19.2 Å². The van der Waals surface area contributed by atoms with E-state index in [9.17, 15) is 9.59 Å². The number of hydrogen-bond acceptors (Lipinski definition) is 7. The molecule has 172 valence electrons. The molecule has 0 unspecified atom stereocenters. The average molecular weight is 469 g/mol. The number of ether oxygens (including phenoxy) is 3. The van der Waals surface area contributed by atoms with Crippen molar-refractivity contribution >= 4 is 33.5 Å². The van der Waals surface area contributed by atoms with Gasteiger partial charge in [-0.05, 0) is 45.7 Å². The van der Waals surface area contributed by atoms with Crippen molar-refractivity contribution in [1.29, 1.82) is 0 Å². The maximum atomic E-state index is 13.2. The molecule has 2 aromatic heterocycles. The fraction of sp³-hybridized carbons (Fsp3) is 0.435. The number of benzene rings is 1. The van der Waals surface area contributed by atoms with Crippen molar-refractivity contribution in [3.8, 4) is 11.5 Å². The average Bonchev–Trinajstić information content (AvgIpc) is 3.34. The van der Waals surface area contributed by atoms with Gasteiger partial charge in [0.2, 0.25) is 6.79 Å². The molecule has 3 aromatic rings.